The fourth-order valence-corrected chi connectivity index (χ4v) is 2.52. The Kier molecular flexibility index (Phi) is 6.29. The highest BCUT2D eigenvalue weighted by Crippen LogP contribution is 2.38. The van der Waals surface area contributed by atoms with E-state index in [1.54, 1.807) is 45.0 Å². The molecule has 0 radical (unpaired) electrons. The molecule has 0 fully saturated rings. The Bertz CT molecular complexity index is 782. The maximum atomic E-state index is 13.4. The van der Waals surface area contributed by atoms with Gasteiger partial charge in [0.15, 0.2) is 0 Å². The molecule has 0 atom stereocenters. The lowest BCUT2D eigenvalue weighted by molar-refractivity contribution is -0.139. The molecule has 0 N–H and O–H groups in total. The molecule has 0 aromatic heterocycles. The van der Waals surface area contributed by atoms with E-state index in [-0.39, 0.29) is 24.5 Å². The standard InChI is InChI=1S/C20H21F3O3/c1-4-14-11-16(20(21,22)23)18(10-13(14)3)25-12-15-8-6-7-9-17(15)26-19(24)5-2/h6-11H,4-5,12H2,1-3H3. The van der Waals surface area contributed by atoms with Gasteiger partial charge in [-0.25, -0.2) is 0 Å². The van der Waals surface area contributed by atoms with Gasteiger partial charge in [0.05, 0.1) is 5.56 Å². The van der Waals surface area contributed by atoms with Gasteiger partial charge in [-0.15, -0.1) is 0 Å². The van der Waals surface area contributed by atoms with E-state index in [0.29, 0.717) is 17.5 Å². The number of benzene rings is 2. The summed E-state index contributed by atoms with van der Waals surface area (Å²) in [6.45, 7) is 5.08. The van der Waals surface area contributed by atoms with Gasteiger partial charge in [-0.2, -0.15) is 13.2 Å². The number of halogens is 3. The van der Waals surface area contributed by atoms with Crippen LogP contribution in [0, 0.1) is 6.92 Å². The SMILES string of the molecule is CCC(=O)Oc1ccccc1COc1cc(C)c(CC)cc1C(F)(F)F. The van der Waals surface area contributed by atoms with Crippen LogP contribution in [-0.4, -0.2) is 5.97 Å². The summed E-state index contributed by atoms with van der Waals surface area (Å²) in [5.74, 6) is -0.366. The minimum Gasteiger partial charge on any atom is -0.488 e. The van der Waals surface area contributed by atoms with Crippen LogP contribution in [0.3, 0.4) is 0 Å². The maximum absolute atomic E-state index is 13.4. The summed E-state index contributed by atoms with van der Waals surface area (Å²) in [5.41, 5.74) is 1.06. The quantitative estimate of drug-likeness (QED) is 0.502. The third kappa shape index (κ3) is 4.77. The van der Waals surface area contributed by atoms with Crippen molar-refractivity contribution in [2.24, 2.45) is 0 Å². The number of carbonyl (C=O) groups is 1. The van der Waals surface area contributed by atoms with Crippen molar-refractivity contribution in [3.63, 3.8) is 0 Å². The summed E-state index contributed by atoms with van der Waals surface area (Å²) in [5, 5.41) is 0. The van der Waals surface area contributed by atoms with Crippen molar-refractivity contribution in [3.8, 4) is 11.5 Å². The molecule has 26 heavy (non-hydrogen) atoms. The van der Waals surface area contributed by atoms with Crippen LogP contribution in [0.15, 0.2) is 36.4 Å². The Balaban J connectivity index is 2.30. The van der Waals surface area contributed by atoms with Crippen LogP contribution < -0.4 is 9.47 Å². The van der Waals surface area contributed by atoms with E-state index >= 15 is 0 Å². The number of para-hydroxylation sites is 1. The molecule has 0 heterocycles. The summed E-state index contributed by atoms with van der Waals surface area (Å²) < 4.78 is 50.8. The molecule has 140 valence electrons. The summed E-state index contributed by atoms with van der Waals surface area (Å²) in [6.07, 6.45) is -3.81. The molecule has 0 bridgehead atoms. The Morgan fingerprint density at radius 2 is 1.73 bits per heavy atom. The number of alkyl halides is 3. The summed E-state index contributed by atoms with van der Waals surface area (Å²) in [7, 11) is 0. The van der Waals surface area contributed by atoms with Gasteiger partial charge in [-0.3, -0.25) is 4.79 Å². The number of rotatable bonds is 6. The van der Waals surface area contributed by atoms with Crippen LogP contribution in [0.4, 0.5) is 13.2 Å². The van der Waals surface area contributed by atoms with Crippen molar-refractivity contribution >= 4 is 5.97 Å². The fraction of sp³-hybridized carbons (Fsp3) is 0.350. The van der Waals surface area contributed by atoms with Gasteiger partial charge in [0.1, 0.15) is 18.1 Å². The number of carbonyl (C=O) groups excluding carboxylic acids is 1. The van der Waals surface area contributed by atoms with Crippen molar-refractivity contribution in [1.82, 2.24) is 0 Å². The zero-order valence-electron chi connectivity index (χ0n) is 14.9. The smallest absolute Gasteiger partial charge is 0.419 e. The minimum absolute atomic E-state index is 0.138. The number of ether oxygens (including phenoxy) is 2. The van der Waals surface area contributed by atoms with E-state index in [1.165, 1.54) is 6.07 Å². The van der Waals surface area contributed by atoms with Crippen molar-refractivity contribution in [2.45, 2.75) is 46.4 Å². The van der Waals surface area contributed by atoms with E-state index in [4.69, 9.17) is 9.47 Å². The Morgan fingerprint density at radius 3 is 2.35 bits per heavy atom. The molecule has 0 saturated heterocycles. The van der Waals surface area contributed by atoms with E-state index in [9.17, 15) is 18.0 Å². The lowest BCUT2D eigenvalue weighted by Crippen LogP contribution is -2.11. The van der Waals surface area contributed by atoms with Crippen LogP contribution in [0.25, 0.3) is 0 Å². The van der Waals surface area contributed by atoms with Gasteiger partial charge >= 0.3 is 12.1 Å². The average molecular weight is 366 g/mol. The summed E-state index contributed by atoms with van der Waals surface area (Å²) in [6, 6.07) is 9.17. The molecular formula is C20H21F3O3. The molecule has 6 heteroatoms. The lowest BCUT2D eigenvalue weighted by atomic mass is 10.0. The Hall–Kier alpha value is -2.50. The molecule has 2 aromatic carbocycles. The molecule has 0 saturated carbocycles. The van der Waals surface area contributed by atoms with Gasteiger partial charge in [-0.05, 0) is 42.7 Å². The van der Waals surface area contributed by atoms with E-state index < -0.39 is 17.7 Å². The second kappa shape index (κ2) is 8.25. The predicted molar refractivity (Wildman–Crippen MR) is 92.3 cm³/mol. The largest absolute Gasteiger partial charge is 0.488 e. The predicted octanol–water partition coefficient (Wildman–Crippen LogP) is 5.47. The van der Waals surface area contributed by atoms with Gasteiger partial charge in [0.2, 0.25) is 0 Å². The molecule has 0 aliphatic heterocycles. The fourth-order valence-electron chi connectivity index (χ4n) is 2.52. The maximum Gasteiger partial charge on any atom is 0.419 e. The highest BCUT2D eigenvalue weighted by atomic mass is 19.4. The van der Waals surface area contributed by atoms with E-state index in [1.807, 2.05) is 0 Å². The van der Waals surface area contributed by atoms with E-state index in [0.717, 1.165) is 11.6 Å². The number of hydrogen-bond donors (Lipinski definition) is 0. The first-order chi connectivity index (χ1) is 12.3. The summed E-state index contributed by atoms with van der Waals surface area (Å²) in [4.78, 5) is 11.5. The van der Waals surface area contributed by atoms with Gasteiger partial charge in [0, 0.05) is 12.0 Å². The first kappa shape index (κ1) is 19.8. The normalized spacial score (nSPS) is 11.3. The molecular weight excluding hydrogens is 345 g/mol. The van der Waals surface area contributed by atoms with E-state index in [2.05, 4.69) is 0 Å². The second-order valence-electron chi connectivity index (χ2n) is 5.85. The molecule has 3 nitrogen and oxygen atoms in total. The van der Waals surface area contributed by atoms with Crippen LogP contribution in [0.2, 0.25) is 0 Å². The first-order valence-electron chi connectivity index (χ1n) is 8.38. The van der Waals surface area contributed by atoms with Crippen LogP contribution in [0.5, 0.6) is 11.5 Å². The van der Waals surface area contributed by atoms with Crippen LogP contribution in [-0.2, 0) is 24.0 Å². The molecule has 0 amide bonds. The van der Waals surface area contributed by atoms with Crippen molar-refractivity contribution in [1.29, 1.82) is 0 Å². The molecule has 0 aliphatic carbocycles. The Labute approximate surface area is 150 Å². The summed E-state index contributed by atoms with van der Waals surface area (Å²) >= 11 is 0. The Morgan fingerprint density at radius 1 is 1.04 bits per heavy atom. The topological polar surface area (TPSA) is 35.5 Å². The lowest BCUT2D eigenvalue weighted by Gasteiger charge is -2.18. The molecule has 0 unspecified atom stereocenters. The minimum atomic E-state index is -4.51. The highest BCUT2D eigenvalue weighted by molar-refractivity contribution is 5.72. The van der Waals surface area contributed by atoms with Gasteiger partial charge in [0.25, 0.3) is 0 Å². The van der Waals surface area contributed by atoms with Crippen molar-refractivity contribution in [2.75, 3.05) is 0 Å². The monoisotopic (exact) mass is 366 g/mol. The zero-order valence-corrected chi connectivity index (χ0v) is 14.9. The first-order valence-corrected chi connectivity index (χ1v) is 8.38. The molecule has 2 aromatic rings. The molecule has 0 spiro atoms. The van der Waals surface area contributed by atoms with Gasteiger partial charge < -0.3 is 9.47 Å². The van der Waals surface area contributed by atoms with Gasteiger partial charge in [-0.1, -0.05) is 32.0 Å². The number of hydrogen-bond acceptors (Lipinski definition) is 3. The van der Waals surface area contributed by atoms with Crippen LogP contribution in [0.1, 0.15) is 42.5 Å². The number of esters is 1. The zero-order chi connectivity index (χ0) is 19.3. The van der Waals surface area contributed by atoms with Crippen LogP contribution >= 0.6 is 0 Å². The third-order valence-electron chi connectivity index (χ3n) is 3.99. The molecule has 2 rings (SSSR count). The van der Waals surface area contributed by atoms with Crippen molar-refractivity contribution in [3.05, 3.63) is 58.7 Å². The second-order valence-corrected chi connectivity index (χ2v) is 5.85. The number of aryl methyl sites for hydroxylation is 2. The average Bonchev–Trinajstić information content (AvgIpc) is 2.59. The van der Waals surface area contributed by atoms with Crippen molar-refractivity contribution < 1.29 is 27.4 Å². The third-order valence-corrected chi connectivity index (χ3v) is 3.99. The molecule has 0 aliphatic rings. The highest BCUT2D eigenvalue weighted by Gasteiger charge is 2.35.